The molecule has 0 aliphatic carbocycles. The number of carbonyl (C=O) groups excluding carboxylic acids is 5. The van der Waals surface area contributed by atoms with Gasteiger partial charge in [-0.1, -0.05) is 42.5 Å². The highest BCUT2D eigenvalue weighted by Gasteiger charge is 2.64. The third kappa shape index (κ3) is 7.18. The summed E-state index contributed by atoms with van der Waals surface area (Å²) in [6.07, 6.45) is -0.652. The Morgan fingerprint density at radius 3 is 2.28 bits per heavy atom. The van der Waals surface area contributed by atoms with Gasteiger partial charge in [0.2, 0.25) is 23.6 Å². The van der Waals surface area contributed by atoms with Crippen LogP contribution in [-0.2, 0) is 24.0 Å². The van der Waals surface area contributed by atoms with Crippen molar-refractivity contribution in [1.82, 2.24) is 30.5 Å². The van der Waals surface area contributed by atoms with E-state index in [1.165, 1.54) is 61.1 Å². The van der Waals surface area contributed by atoms with Crippen LogP contribution in [0.1, 0.15) is 31.9 Å². The number of urea groups is 1. The lowest BCUT2D eigenvalue weighted by molar-refractivity contribution is -0.387. The number of benzene rings is 2. The van der Waals surface area contributed by atoms with E-state index in [9.17, 15) is 44.0 Å². The molecule has 2 aliphatic rings. The standard InChI is InChI=1S/C29H33N7O9S2/c1-29(2)22(27(41)42)35-25(40)20(26(35)46-29)32-24(39)21(15-10-6-5-7-11-15)34(28(43)31-4)19(37)14-16(23(38)30-3)33-47-18-13-9-8-12-17(18)36(44)45/h5-13,16,20-22,26,33H,14H2,1-4H3,(H,30,38)(H,31,43)(H,32,39)(H,41,42)/t16?,20-,21?,22+,26-/m1/s1. The second-order valence-electron chi connectivity index (χ2n) is 11.0. The molecule has 5 N–H and O–H groups in total. The van der Waals surface area contributed by atoms with E-state index < -0.39 is 81.3 Å². The van der Waals surface area contributed by atoms with E-state index in [0.717, 1.165) is 11.9 Å². The van der Waals surface area contributed by atoms with Crippen LogP contribution in [-0.4, -0.2) is 97.8 Å². The molecule has 2 fully saturated rings. The monoisotopic (exact) mass is 687 g/mol. The van der Waals surface area contributed by atoms with Gasteiger partial charge in [0.15, 0.2) is 0 Å². The van der Waals surface area contributed by atoms with Gasteiger partial charge in [-0.2, -0.15) is 0 Å². The number of nitro groups is 1. The molecular formula is C29H33N7O9S2. The minimum Gasteiger partial charge on any atom is -0.480 e. The molecule has 2 aliphatic heterocycles. The van der Waals surface area contributed by atoms with Gasteiger partial charge in [0, 0.05) is 24.9 Å². The molecular weight excluding hydrogens is 654 g/mol. The first-order valence-corrected chi connectivity index (χ1v) is 15.9. The van der Waals surface area contributed by atoms with Gasteiger partial charge >= 0.3 is 12.0 Å². The van der Waals surface area contributed by atoms with Crippen molar-refractivity contribution in [2.45, 2.75) is 59.5 Å². The summed E-state index contributed by atoms with van der Waals surface area (Å²) >= 11 is 1.96. The summed E-state index contributed by atoms with van der Waals surface area (Å²) in [4.78, 5) is 91.9. The van der Waals surface area contributed by atoms with Crippen molar-refractivity contribution in [1.29, 1.82) is 0 Å². The van der Waals surface area contributed by atoms with Gasteiger partial charge in [-0.3, -0.25) is 29.3 Å². The fraction of sp³-hybridized carbons (Fsp3) is 0.379. The van der Waals surface area contributed by atoms with Gasteiger partial charge in [-0.15, -0.1) is 11.8 Å². The number of nitrogens with zero attached hydrogens (tertiary/aromatic N) is 3. The van der Waals surface area contributed by atoms with Gasteiger partial charge in [0.05, 0.1) is 11.3 Å². The zero-order chi connectivity index (χ0) is 34.6. The van der Waals surface area contributed by atoms with E-state index in [1.54, 1.807) is 38.1 Å². The summed E-state index contributed by atoms with van der Waals surface area (Å²) in [5, 5.41) is 27.9. The number of hydrogen-bond donors (Lipinski definition) is 5. The number of imide groups is 1. The lowest BCUT2D eigenvalue weighted by Gasteiger charge is -2.44. The maximum absolute atomic E-state index is 14.0. The number of carboxylic acid groups (broad SMARTS) is 1. The van der Waals surface area contributed by atoms with Gasteiger partial charge in [0.25, 0.3) is 5.69 Å². The third-order valence-corrected chi connectivity index (χ3v) is 10.1. The Bertz CT molecular complexity index is 1590. The lowest BCUT2D eigenvalue weighted by Crippen LogP contribution is -2.71. The zero-order valence-corrected chi connectivity index (χ0v) is 27.3. The van der Waals surface area contributed by atoms with Crippen molar-refractivity contribution in [3.63, 3.8) is 0 Å². The van der Waals surface area contributed by atoms with Crippen LogP contribution in [0.2, 0.25) is 0 Å². The van der Waals surface area contributed by atoms with Crippen LogP contribution in [0.15, 0.2) is 59.5 Å². The normalized spacial score (nSPS) is 20.6. The highest BCUT2D eigenvalue weighted by atomic mass is 32.2. The number of rotatable bonds is 12. The first kappa shape index (κ1) is 35.2. The number of fused-ring (bicyclic) bond motifs is 1. The van der Waals surface area contributed by atoms with Crippen molar-refractivity contribution in [3.05, 3.63) is 70.3 Å². The Balaban J connectivity index is 1.62. The number of carbonyl (C=O) groups is 6. The van der Waals surface area contributed by atoms with Gasteiger partial charge in [-0.05, 0) is 37.4 Å². The number of aliphatic carboxylic acids is 1. The molecule has 0 saturated carbocycles. The fourth-order valence-electron chi connectivity index (χ4n) is 5.39. The molecule has 2 aromatic carbocycles. The Morgan fingerprint density at radius 2 is 1.68 bits per heavy atom. The number of likely N-dealkylation sites (N-methyl/N-ethyl adjacent to an activating group) is 1. The molecule has 0 aromatic heterocycles. The SMILES string of the molecule is CNC(=O)C(CC(=O)N(C(=O)NC)C(C(=O)N[C@@H]1C(=O)N2[C@@H]1SC(C)(C)[C@@H]2C(=O)O)c1ccccc1)NSc1ccccc1[N+](=O)[O-]. The molecule has 4 rings (SSSR count). The average molecular weight is 688 g/mol. The Kier molecular flexibility index (Phi) is 10.8. The van der Waals surface area contributed by atoms with E-state index in [4.69, 9.17) is 0 Å². The average Bonchev–Trinajstić information content (AvgIpc) is 3.31. The second kappa shape index (κ2) is 14.4. The second-order valence-corrected chi connectivity index (χ2v) is 13.7. The zero-order valence-electron chi connectivity index (χ0n) is 25.7. The van der Waals surface area contributed by atoms with Crippen LogP contribution in [0.5, 0.6) is 0 Å². The Morgan fingerprint density at radius 1 is 1.04 bits per heavy atom. The maximum atomic E-state index is 14.0. The van der Waals surface area contributed by atoms with Crippen molar-refractivity contribution in [3.8, 4) is 0 Å². The molecule has 0 bridgehead atoms. The largest absolute Gasteiger partial charge is 0.480 e. The molecule has 2 saturated heterocycles. The Labute approximate surface area is 277 Å². The quantitative estimate of drug-likeness (QED) is 0.0921. The van der Waals surface area contributed by atoms with Crippen LogP contribution >= 0.6 is 23.7 Å². The highest BCUT2D eigenvalue weighted by molar-refractivity contribution is 8.01. The minimum atomic E-state index is -1.60. The molecule has 47 heavy (non-hydrogen) atoms. The number of nitrogens with one attached hydrogen (secondary N) is 4. The molecule has 250 valence electrons. The van der Waals surface area contributed by atoms with Crippen molar-refractivity contribution < 1.29 is 38.8 Å². The summed E-state index contributed by atoms with van der Waals surface area (Å²) in [5.41, 5.74) is -0.0190. The predicted molar refractivity (Wildman–Crippen MR) is 171 cm³/mol. The highest BCUT2D eigenvalue weighted by Crippen LogP contribution is 2.51. The maximum Gasteiger partial charge on any atom is 0.327 e. The molecule has 16 nitrogen and oxygen atoms in total. The van der Waals surface area contributed by atoms with E-state index >= 15 is 0 Å². The molecule has 6 amide bonds. The Hall–Kier alpha value is -4.68. The van der Waals surface area contributed by atoms with Crippen molar-refractivity contribution >= 4 is 65.0 Å². The van der Waals surface area contributed by atoms with Crippen molar-refractivity contribution in [2.24, 2.45) is 0 Å². The van der Waals surface area contributed by atoms with Gasteiger partial charge < -0.3 is 26.0 Å². The molecule has 2 unspecified atom stereocenters. The molecule has 2 aromatic rings. The number of β-lactam (4-membered cyclic amide) rings is 1. The first-order chi connectivity index (χ1) is 22.2. The molecule has 2 heterocycles. The van der Waals surface area contributed by atoms with Crippen LogP contribution in [0, 0.1) is 10.1 Å². The fourth-order valence-corrected chi connectivity index (χ4v) is 7.87. The topological polar surface area (TPSA) is 220 Å². The van der Waals surface area contributed by atoms with E-state index in [1.807, 2.05) is 0 Å². The van der Waals surface area contributed by atoms with Gasteiger partial charge in [0.1, 0.15) is 34.4 Å². The smallest absolute Gasteiger partial charge is 0.327 e. The number of para-hydroxylation sites is 1. The third-order valence-electron chi connectivity index (χ3n) is 7.61. The number of carboxylic acids is 1. The summed E-state index contributed by atoms with van der Waals surface area (Å²) < 4.78 is 1.90. The summed E-state index contributed by atoms with van der Waals surface area (Å²) in [7, 11) is 2.57. The van der Waals surface area contributed by atoms with Crippen LogP contribution < -0.4 is 20.7 Å². The van der Waals surface area contributed by atoms with Crippen LogP contribution in [0.3, 0.4) is 0 Å². The molecule has 0 spiro atoms. The first-order valence-electron chi connectivity index (χ1n) is 14.2. The van der Waals surface area contributed by atoms with Crippen LogP contribution in [0.4, 0.5) is 10.5 Å². The molecule has 0 radical (unpaired) electrons. The number of hydrogen-bond acceptors (Lipinski definition) is 11. The number of thioether (sulfide) groups is 1. The van der Waals surface area contributed by atoms with Crippen molar-refractivity contribution in [2.75, 3.05) is 14.1 Å². The van der Waals surface area contributed by atoms with Gasteiger partial charge in [-0.25, -0.2) is 19.2 Å². The van der Waals surface area contributed by atoms with E-state index in [0.29, 0.717) is 4.90 Å². The molecule has 18 heteroatoms. The summed E-state index contributed by atoms with van der Waals surface area (Å²) in [5.74, 6) is -4.31. The summed E-state index contributed by atoms with van der Waals surface area (Å²) in [6.45, 7) is 3.37. The predicted octanol–water partition coefficient (Wildman–Crippen LogP) is 1.24. The van der Waals surface area contributed by atoms with Crippen LogP contribution in [0.25, 0.3) is 0 Å². The summed E-state index contributed by atoms with van der Waals surface area (Å²) in [6, 6.07) is 7.49. The van der Waals surface area contributed by atoms with E-state index in [-0.39, 0.29) is 16.1 Å². The van der Waals surface area contributed by atoms with E-state index in [2.05, 4.69) is 20.7 Å². The number of amides is 6. The number of nitro benzene ring substituents is 1. The minimum absolute atomic E-state index is 0.167. The lowest BCUT2D eigenvalue weighted by atomic mass is 9.95. The molecule has 5 atom stereocenters.